The summed E-state index contributed by atoms with van der Waals surface area (Å²) < 4.78 is 0. The van der Waals surface area contributed by atoms with Gasteiger partial charge in [0.2, 0.25) is 0 Å². The van der Waals surface area contributed by atoms with Crippen molar-refractivity contribution in [2.75, 3.05) is 38.6 Å². The van der Waals surface area contributed by atoms with E-state index in [0.29, 0.717) is 6.04 Å². The van der Waals surface area contributed by atoms with Crippen molar-refractivity contribution in [2.24, 2.45) is 0 Å². The van der Waals surface area contributed by atoms with Crippen LogP contribution in [0.4, 0.5) is 10.5 Å². The monoisotopic (exact) mass is 341 g/mol. The topological polar surface area (TPSA) is 55.8 Å². The number of carbonyl (C=O) groups is 1. The molecular formula is C20H27N3O2. The second-order valence-electron chi connectivity index (χ2n) is 6.77. The number of fused-ring (bicyclic) bond motifs is 1. The molecule has 0 atom stereocenters. The van der Waals surface area contributed by atoms with E-state index < -0.39 is 0 Å². The van der Waals surface area contributed by atoms with E-state index in [9.17, 15) is 4.79 Å². The number of aliphatic hydroxyl groups is 1. The number of anilines is 1. The van der Waals surface area contributed by atoms with Gasteiger partial charge in [0.25, 0.3) is 0 Å². The smallest absolute Gasteiger partial charge is 0.321 e. The van der Waals surface area contributed by atoms with Gasteiger partial charge in [0.15, 0.2) is 0 Å². The molecule has 5 nitrogen and oxygen atoms in total. The fourth-order valence-corrected chi connectivity index (χ4v) is 3.48. The van der Waals surface area contributed by atoms with E-state index in [1.54, 1.807) is 0 Å². The van der Waals surface area contributed by atoms with Crippen LogP contribution in [-0.2, 0) is 0 Å². The van der Waals surface area contributed by atoms with Gasteiger partial charge in [-0.1, -0.05) is 30.3 Å². The molecule has 3 rings (SSSR count). The number of urea groups is 1. The third-order valence-corrected chi connectivity index (χ3v) is 5.04. The minimum atomic E-state index is -0.0215. The van der Waals surface area contributed by atoms with Gasteiger partial charge in [-0.25, -0.2) is 4.79 Å². The van der Waals surface area contributed by atoms with Gasteiger partial charge in [-0.15, -0.1) is 0 Å². The normalized spacial score (nSPS) is 15.7. The Hall–Kier alpha value is -2.11. The van der Waals surface area contributed by atoms with Crippen LogP contribution in [0.25, 0.3) is 10.8 Å². The van der Waals surface area contributed by atoms with Crippen molar-refractivity contribution in [1.29, 1.82) is 0 Å². The van der Waals surface area contributed by atoms with E-state index in [2.05, 4.69) is 29.4 Å². The summed E-state index contributed by atoms with van der Waals surface area (Å²) >= 11 is 0. The molecule has 2 aromatic carbocycles. The summed E-state index contributed by atoms with van der Waals surface area (Å²) in [4.78, 5) is 16.7. The first kappa shape index (κ1) is 17.7. The molecule has 134 valence electrons. The SMILES string of the molecule is CN(CCCO)C1CCN(C(=O)Nc2ccc3ccccc3c2)CC1. The molecule has 0 saturated carbocycles. The van der Waals surface area contributed by atoms with Crippen molar-refractivity contribution >= 4 is 22.5 Å². The van der Waals surface area contributed by atoms with Gasteiger partial charge in [0.1, 0.15) is 0 Å². The van der Waals surface area contributed by atoms with E-state index in [0.717, 1.165) is 50.0 Å². The van der Waals surface area contributed by atoms with Crippen LogP contribution in [0, 0.1) is 0 Å². The van der Waals surface area contributed by atoms with E-state index >= 15 is 0 Å². The third kappa shape index (κ3) is 4.50. The van der Waals surface area contributed by atoms with E-state index in [-0.39, 0.29) is 12.6 Å². The van der Waals surface area contributed by atoms with Crippen LogP contribution >= 0.6 is 0 Å². The lowest BCUT2D eigenvalue weighted by molar-refractivity contribution is 0.134. The Kier molecular flexibility index (Phi) is 5.89. The van der Waals surface area contributed by atoms with Gasteiger partial charge in [0, 0.05) is 38.0 Å². The first-order chi connectivity index (χ1) is 12.2. The molecular weight excluding hydrogens is 314 g/mol. The Balaban J connectivity index is 1.53. The number of likely N-dealkylation sites (tertiary alicyclic amines) is 1. The fourth-order valence-electron chi connectivity index (χ4n) is 3.48. The number of benzene rings is 2. The molecule has 0 bridgehead atoms. The third-order valence-electron chi connectivity index (χ3n) is 5.04. The highest BCUT2D eigenvalue weighted by Crippen LogP contribution is 2.20. The molecule has 25 heavy (non-hydrogen) atoms. The summed E-state index contributed by atoms with van der Waals surface area (Å²) in [5.41, 5.74) is 0.839. The lowest BCUT2D eigenvalue weighted by Gasteiger charge is -2.36. The van der Waals surface area contributed by atoms with Gasteiger partial charge in [-0.05, 0) is 49.2 Å². The zero-order valence-corrected chi connectivity index (χ0v) is 14.8. The van der Waals surface area contributed by atoms with Gasteiger partial charge in [-0.2, -0.15) is 0 Å². The lowest BCUT2D eigenvalue weighted by Crippen LogP contribution is -2.47. The maximum atomic E-state index is 12.5. The number of hydrogen-bond acceptors (Lipinski definition) is 3. The highest BCUT2D eigenvalue weighted by Gasteiger charge is 2.25. The molecule has 0 unspecified atom stereocenters. The van der Waals surface area contributed by atoms with Gasteiger partial charge in [0.05, 0.1) is 0 Å². The van der Waals surface area contributed by atoms with Crippen molar-refractivity contribution in [2.45, 2.75) is 25.3 Å². The van der Waals surface area contributed by atoms with Crippen LogP contribution < -0.4 is 5.32 Å². The Morgan fingerprint density at radius 3 is 2.64 bits per heavy atom. The minimum absolute atomic E-state index is 0.0215. The van der Waals surface area contributed by atoms with Gasteiger partial charge >= 0.3 is 6.03 Å². The molecule has 0 aromatic heterocycles. The molecule has 1 aliphatic rings. The molecule has 1 fully saturated rings. The number of piperidine rings is 1. The average molecular weight is 341 g/mol. The van der Waals surface area contributed by atoms with Crippen molar-refractivity contribution in [3.63, 3.8) is 0 Å². The number of carbonyl (C=O) groups excluding carboxylic acids is 1. The molecule has 1 saturated heterocycles. The van der Waals surface area contributed by atoms with E-state index in [4.69, 9.17) is 5.11 Å². The molecule has 2 amide bonds. The molecule has 2 N–H and O–H groups in total. The van der Waals surface area contributed by atoms with Crippen LogP contribution in [0.2, 0.25) is 0 Å². The highest BCUT2D eigenvalue weighted by atomic mass is 16.3. The maximum Gasteiger partial charge on any atom is 0.321 e. The largest absolute Gasteiger partial charge is 0.396 e. The molecule has 0 radical (unpaired) electrons. The summed E-state index contributed by atoms with van der Waals surface area (Å²) in [6.45, 7) is 2.68. The first-order valence-electron chi connectivity index (χ1n) is 9.03. The van der Waals surface area contributed by atoms with E-state index in [1.165, 1.54) is 5.39 Å². The highest BCUT2D eigenvalue weighted by molar-refractivity contribution is 5.93. The Morgan fingerprint density at radius 2 is 1.92 bits per heavy atom. The van der Waals surface area contributed by atoms with Crippen molar-refractivity contribution in [1.82, 2.24) is 9.80 Å². The molecule has 0 aliphatic carbocycles. The number of amides is 2. The zero-order valence-electron chi connectivity index (χ0n) is 14.8. The van der Waals surface area contributed by atoms with Crippen molar-refractivity contribution in [3.8, 4) is 0 Å². The van der Waals surface area contributed by atoms with Crippen LogP contribution in [-0.4, -0.2) is 60.3 Å². The number of nitrogens with one attached hydrogen (secondary N) is 1. The summed E-state index contributed by atoms with van der Waals surface area (Å²) in [7, 11) is 2.10. The summed E-state index contributed by atoms with van der Waals surface area (Å²) in [6.07, 6.45) is 2.76. The predicted octanol–water partition coefficient (Wildman–Crippen LogP) is 3.15. The minimum Gasteiger partial charge on any atom is -0.396 e. The number of aliphatic hydroxyl groups excluding tert-OH is 1. The lowest BCUT2D eigenvalue weighted by atomic mass is 10.0. The standard InChI is InChI=1S/C20H27N3O2/c1-22(11-4-14-24)19-9-12-23(13-10-19)20(25)21-18-8-7-16-5-2-3-6-17(16)15-18/h2-3,5-8,15,19,24H,4,9-14H2,1H3,(H,21,25). The Bertz CT molecular complexity index is 711. The van der Waals surface area contributed by atoms with E-state index in [1.807, 2.05) is 35.2 Å². The first-order valence-corrected chi connectivity index (χ1v) is 9.03. The molecule has 2 aromatic rings. The zero-order chi connectivity index (χ0) is 17.6. The van der Waals surface area contributed by atoms with Crippen molar-refractivity contribution in [3.05, 3.63) is 42.5 Å². The summed E-state index contributed by atoms with van der Waals surface area (Å²) in [6, 6.07) is 14.6. The fraction of sp³-hybridized carbons (Fsp3) is 0.450. The number of hydrogen-bond donors (Lipinski definition) is 2. The van der Waals surface area contributed by atoms with Gasteiger partial charge < -0.3 is 20.2 Å². The average Bonchev–Trinajstić information content (AvgIpc) is 2.66. The van der Waals surface area contributed by atoms with Crippen LogP contribution in [0.15, 0.2) is 42.5 Å². The summed E-state index contributed by atoms with van der Waals surface area (Å²) in [5.74, 6) is 0. The summed E-state index contributed by atoms with van der Waals surface area (Å²) in [5, 5.41) is 14.3. The molecule has 0 spiro atoms. The predicted molar refractivity (Wildman–Crippen MR) is 102 cm³/mol. The van der Waals surface area contributed by atoms with Crippen molar-refractivity contribution < 1.29 is 9.90 Å². The second-order valence-corrected chi connectivity index (χ2v) is 6.77. The molecule has 1 aliphatic heterocycles. The quantitative estimate of drug-likeness (QED) is 0.878. The number of rotatable bonds is 5. The Morgan fingerprint density at radius 1 is 1.20 bits per heavy atom. The van der Waals surface area contributed by atoms with Crippen LogP contribution in [0.5, 0.6) is 0 Å². The molecule has 5 heteroatoms. The Labute approximate surface area is 149 Å². The second kappa shape index (κ2) is 8.32. The van der Waals surface area contributed by atoms with Gasteiger partial charge in [-0.3, -0.25) is 0 Å². The van der Waals surface area contributed by atoms with Crippen LogP contribution in [0.3, 0.4) is 0 Å². The maximum absolute atomic E-state index is 12.5. The molecule has 1 heterocycles. The van der Waals surface area contributed by atoms with Crippen LogP contribution in [0.1, 0.15) is 19.3 Å². The number of nitrogens with zero attached hydrogens (tertiary/aromatic N) is 2.